The maximum Gasteiger partial charge on any atom is 0.295 e. The molecule has 0 aliphatic heterocycles. The van der Waals surface area contributed by atoms with E-state index in [0.29, 0.717) is 12.3 Å². The Bertz CT molecular complexity index is 1090. The fourth-order valence-electron chi connectivity index (χ4n) is 2.88. The quantitative estimate of drug-likeness (QED) is 0.495. The van der Waals surface area contributed by atoms with Gasteiger partial charge in [0.15, 0.2) is 0 Å². The number of anilines is 1. The van der Waals surface area contributed by atoms with Crippen molar-refractivity contribution in [3.63, 3.8) is 0 Å². The average Bonchev–Trinajstić information content (AvgIpc) is 2.95. The van der Waals surface area contributed by atoms with Crippen LogP contribution < -0.4 is 15.6 Å². The van der Waals surface area contributed by atoms with Gasteiger partial charge in [-0.25, -0.2) is 4.68 Å². The summed E-state index contributed by atoms with van der Waals surface area (Å²) in [5.41, 5.74) is 2.24. The first-order chi connectivity index (χ1) is 14.0. The predicted octanol–water partition coefficient (Wildman–Crippen LogP) is 3.70. The second-order valence-electron chi connectivity index (χ2n) is 6.43. The van der Waals surface area contributed by atoms with Gasteiger partial charge in [0.1, 0.15) is 18.0 Å². The van der Waals surface area contributed by atoms with Gasteiger partial charge in [-0.15, -0.1) is 0 Å². The van der Waals surface area contributed by atoms with Crippen LogP contribution in [0.4, 0.5) is 5.69 Å². The molecule has 6 nitrogen and oxygen atoms in total. The number of aromatic nitrogens is 2. The number of nitrogens with one attached hydrogen (secondary N) is 1. The molecule has 0 fully saturated rings. The summed E-state index contributed by atoms with van der Waals surface area (Å²) in [5.74, 6) is 0.357. The Morgan fingerprint density at radius 3 is 2.48 bits per heavy atom. The van der Waals surface area contributed by atoms with Gasteiger partial charge >= 0.3 is 0 Å². The number of hydrogen-bond acceptors (Lipinski definition) is 3. The highest BCUT2D eigenvalue weighted by atomic mass is 16.5. The highest BCUT2D eigenvalue weighted by Crippen LogP contribution is 2.15. The van der Waals surface area contributed by atoms with E-state index in [1.165, 1.54) is 10.8 Å². The zero-order valence-corrected chi connectivity index (χ0v) is 16.5. The van der Waals surface area contributed by atoms with Crippen LogP contribution in [0.3, 0.4) is 0 Å². The van der Waals surface area contributed by atoms with Crippen molar-refractivity contribution in [1.29, 1.82) is 0 Å². The topological polar surface area (TPSA) is 65.3 Å². The number of nitrogens with zero attached hydrogens (tertiary/aromatic N) is 2. The Kier molecular flexibility index (Phi) is 6.14. The van der Waals surface area contributed by atoms with Crippen molar-refractivity contribution in [3.8, 4) is 11.4 Å². The van der Waals surface area contributed by atoms with Gasteiger partial charge in [-0.3, -0.25) is 14.3 Å². The third-order valence-electron chi connectivity index (χ3n) is 4.48. The summed E-state index contributed by atoms with van der Waals surface area (Å²) in [6.07, 6.45) is 4.76. The second kappa shape index (κ2) is 8.93. The summed E-state index contributed by atoms with van der Waals surface area (Å²) in [6, 6.07) is 16.6. The molecule has 0 radical (unpaired) electrons. The molecule has 1 amide bonds. The first-order valence-electron chi connectivity index (χ1n) is 9.18. The third-order valence-corrected chi connectivity index (χ3v) is 4.48. The molecular formula is C23H23N3O3. The van der Waals surface area contributed by atoms with Crippen molar-refractivity contribution < 1.29 is 9.53 Å². The molecule has 2 aromatic carbocycles. The Balaban J connectivity index is 1.75. The third kappa shape index (κ3) is 4.55. The van der Waals surface area contributed by atoms with Crippen molar-refractivity contribution in [2.75, 3.05) is 11.9 Å². The van der Waals surface area contributed by atoms with E-state index in [2.05, 4.69) is 11.9 Å². The Morgan fingerprint density at radius 2 is 1.83 bits per heavy atom. The fourth-order valence-corrected chi connectivity index (χ4v) is 2.88. The highest BCUT2D eigenvalue weighted by molar-refractivity contribution is 6.02. The van der Waals surface area contributed by atoms with Crippen molar-refractivity contribution >= 4 is 17.7 Å². The van der Waals surface area contributed by atoms with Gasteiger partial charge in [-0.05, 0) is 42.8 Å². The van der Waals surface area contributed by atoms with Gasteiger partial charge in [0.25, 0.3) is 5.56 Å². The molecular weight excluding hydrogens is 366 g/mol. The van der Waals surface area contributed by atoms with Crippen LogP contribution in [0.15, 0.2) is 78.1 Å². The van der Waals surface area contributed by atoms with Crippen LogP contribution in [-0.2, 0) is 11.8 Å². The highest BCUT2D eigenvalue weighted by Gasteiger charge is 2.17. The lowest BCUT2D eigenvalue weighted by molar-refractivity contribution is -0.111. The van der Waals surface area contributed by atoms with Crippen molar-refractivity contribution in [1.82, 2.24) is 9.36 Å². The number of carbonyl (C=O) groups is 1. The van der Waals surface area contributed by atoms with Gasteiger partial charge in [0, 0.05) is 13.1 Å². The van der Waals surface area contributed by atoms with Crippen LogP contribution in [0, 0.1) is 6.92 Å². The number of ether oxygens (including phenoxy) is 1. The van der Waals surface area contributed by atoms with Gasteiger partial charge in [-0.2, -0.15) is 0 Å². The van der Waals surface area contributed by atoms with Gasteiger partial charge in [-0.1, -0.05) is 43.0 Å². The molecule has 1 aromatic heterocycles. The molecule has 148 valence electrons. The first-order valence-corrected chi connectivity index (χ1v) is 9.18. The summed E-state index contributed by atoms with van der Waals surface area (Å²) in [5, 5.41) is 2.70. The lowest BCUT2D eigenvalue weighted by Gasteiger charge is -2.07. The molecule has 0 saturated heterocycles. The van der Waals surface area contributed by atoms with Crippen molar-refractivity contribution in [3.05, 3.63) is 94.9 Å². The molecule has 3 aromatic rings. The minimum Gasteiger partial charge on any atom is -0.490 e. The van der Waals surface area contributed by atoms with Crippen LogP contribution in [0.1, 0.15) is 11.3 Å². The minimum atomic E-state index is -0.372. The average molecular weight is 389 g/mol. The molecule has 0 aliphatic rings. The summed E-state index contributed by atoms with van der Waals surface area (Å²) in [4.78, 5) is 25.2. The van der Waals surface area contributed by atoms with E-state index < -0.39 is 0 Å². The monoisotopic (exact) mass is 389 g/mol. The number of carbonyl (C=O) groups excluding carboxylic acids is 1. The largest absolute Gasteiger partial charge is 0.490 e. The zero-order valence-electron chi connectivity index (χ0n) is 16.5. The van der Waals surface area contributed by atoms with E-state index in [1.54, 1.807) is 30.8 Å². The van der Waals surface area contributed by atoms with Crippen molar-refractivity contribution in [2.45, 2.75) is 6.92 Å². The lowest BCUT2D eigenvalue weighted by atomic mass is 10.2. The van der Waals surface area contributed by atoms with Gasteiger partial charge in [0.05, 0.1) is 11.4 Å². The van der Waals surface area contributed by atoms with E-state index in [4.69, 9.17) is 4.74 Å². The van der Waals surface area contributed by atoms with Crippen LogP contribution >= 0.6 is 0 Å². The first kappa shape index (κ1) is 19.9. The van der Waals surface area contributed by atoms with Gasteiger partial charge < -0.3 is 10.1 Å². The van der Waals surface area contributed by atoms with E-state index in [1.807, 2.05) is 54.6 Å². The molecule has 0 saturated carbocycles. The van der Waals surface area contributed by atoms with Crippen LogP contribution in [0.5, 0.6) is 5.75 Å². The van der Waals surface area contributed by atoms with Crippen LogP contribution in [0.25, 0.3) is 11.8 Å². The Labute approximate surface area is 169 Å². The van der Waals surface area contributed by atoms with Crippen LogP contribution in [0.2, 0.25) is 0 Å². The summed E-state index contributed by atoms with van der Waals surface area (Å²) in [7, 11) is 1.78. The standard InChI is InChI=1S/C23H23N3O3/c1-4-16-29-20-13-10-18(11-14-20)12-15-21(27)24-22-17(2)25(3)26(23(22)28)19-8-6-5-7-9-19/h4-15H,1,16H2,2-3H3,(H,24,27). The zero-order chi connectivity index (χ0) is 20.8. The Morgan fingerprint density at radius 1 is 1.14 bits per heavy atom. The summed E-state index contributed by atoms with van der Waals surface area (Å²) >= 11 is 0. The minimum absolute atomic E-state index is 0.263. The number of amides is 1. The molecule has 29 heavy (non-hydrogen) atoms. The number of hydrogen-bond donors (Lipinski definition) is 1. The van der Waals surface area contributed by atoms with E-state index in [0.717, 1.165) is 17.0 Å². The van der Waals surface area contributed by atoms with Crippen molar-refractivity contribution in [2.24, 2.45) is 7.05 Å². The predicted molar refractivity (Wildman–Crippen MR) is 116 cm³/mol. The number of para-hydroxylation sites is 1. The van der Waals surface area contributed by atoms with E-state index >= 15 is 0 Å². The lowest BCUT2D eigenvalue weighted by Crippen LogP contribution is -2.22. The second-order valence-corrected chi connectivity index (χ2v) is 6.43. The van der Waals surface area contributed by atoms with E-state index in [-0.39, 0.29) is 17.2 Å². The molecule has 6 heteroatoms. The van der Waals surface area contributed by atoms with Crippen LogP contribution in [-0.4, -0.2) is 21.9 Å². The smallest absolute Gasteiger partial charge is 0.295 e. The maximum atomic E-state index is 12.8. The molecule has 0 aliphatic carbocycles. The molecule has 0 unspecified atom stereocenters. The molecule has 0 atom stereocenters. The van der Waals surface area contributed by atoms with E-state index in [9.17, 15) is 9.59 Å². The fraction of sp³-hybridized carbons (Fsp3) is 0.130. The number of rotatable bonds is 7. The SMILES string of the molecule is C=CCOc1ccc(C=CC(=O)Nc2c(C)n(C)n(-c3ccccc3)c2=O)cc1. The normalized spacial score (nSPS) is 10.8. The van der Waals surface area contributed by atoms with Gasteiger partial charge in [0.2, 0.25) is 5.91 Å². The number of benzene rings is 2. The molecule has 0 spiro atoms. The Hall–Kier alpha value is -3.80. The molecule has 0 bridgehead atoms. The molecule has 1 N–H and O–H groups in total. The molecule has 3 rings (SSSR count). The summed E-state index contributed by atoms with van der Waals surface area (Å²) in [6.45, 7) is 5.84. The molecule has 1 heterocycles. The maximum absolute atomic E-state index is 12.8. The summed E-state index contributed by atoms with van der Waals surface area (Å²) < 4.78 is 8.68.